The average molecular weight is 301 g/mol. The SMILES string of the molecule is CCCCCCCCCCCCCCCC(N)=O.[Na].[Na]. The van der Waals surface area contributed by atoms with Gasteiger partial charge in [-0.3, -0.25) is 4.79 Å². The van der Waals surface area contributed by atoms with Crippen molar-refractivity contribution in [1.82, 2.24) is 0 Å². The van der Waals surface area contributed by atoms with Crippen molar-refractivity contribution in [3.8, 4) is 0 Å². The number of hydrogen-bond donors (Lipinski definition) is 1. The Bertz CT molecular complexity index is 189. The van der Waals surface area contributed by atoms with Gasteiger partial charge in [-0.05, 0) is 6.42 Å². The maximum atomic E-state index is 10.5. The standard InChI is InChI=1S/C16H33NO.2Na/c1-2-3-4-5-6-7-8-9-10-11-12-13-14-15-16(17)18;;/h2-15H2,1H3,(H2,17,18);;. The van der Waals surface area contributed by atoms with Crippen molar-refractivity contribution in [2.24, 2.45) is 5.73 Å². The van der Waals surface area contributed by atoms with Crippen molar-refractivity contribution in [3.63, 3.8) is 0 Å². The van der Waals surface area contributed by atoms with Gasteiger partial charge in [-0.2, -0.15) is 0 Å². The van der Waals surface area contributed by atoms with Gasteiger partial charge in [0.15, 0.2) is 0 Å². The fraction of sp³-hybridized carbons (Fsp3) is 0.938. The Kier molecular flexibility index (Phi) is 30.0. The van der Waals surface area contributed by atoms with E-state index in [1.165, 1.54) is 77.0 Å². The molecule has 0 aromatic heterocycles. The van der Waals surface area contributed by atoms with Crippen LogP contribution in [0.15, 0.2) is 0 Å². The Labute approximate surface area is 171 Å². The zero-order valence-electron chi connectivity index (χ0n) is 14.4. The molecule has 0 aliphatic carbocycles. The van der Waals surface area contributed by atoms with Gasteiger partial charge in [0.05, 0.1) is 0 Å². The van der Waals surface area contributed by atoms with Crippen LogP contribution in [0.3, 0.4) is 0 Å². The topological polar surface area (TPSA) is 43.1 Å². The summed E-state index contributed by atoms with van der Waals surface area (Å²) >= 11 is 0. The van der Waals surface area contributed by atoms with Crippen LogP contribution >= 0.6 is 0 Å². The number of amides is 1. The van der Waals surface area contributed by atoms with Gasteiger partial charge in [-0.15, -0.1) is 0 Å². The molecule has 0 bridgehead atoms. The van der Waals surface area contributed by atoms with Gasteiger partial charge in [0.1, 0.15) is 0 Å². The van der Waals surface area contributed by atoms with Gasteiger partial charge in [-0.1, -0.05) is 84.0 Å². The zero-order chi connectivity index (χ0) is 13.5. The number of hydrogen-bond acceptors (Lipinski definition) is 1. The fourth-order valence-electron chi connectivity index (χ4n) is 2.32. The molecule has 1 amide bonds. The molecule has 0 aromatic carbocycles. The summed E-state index contributed by atoms with van der Waals surface area (Å²) in [6.45, 7) is 2.27. The molecule has 110 valence electrons. The number of primary amides is 1. The van der Waals surface area contributed by atoms with Gasteiger partial charge in [0, 0.05) is 65.5 Å². The van der Waals surface area contributed by atoms with Crippen LogP contribution < -0.4 is 5.73 Å². The first kappa shape index (κ1) is 26.4. The smallest absolute Gasteiger partial charge is 0.217 e. The first-order valence-electron chi connectivity index (χ1n) is 8.05. The first-order chi connectivity index (χ1) is 8.77. The van der Waals surface area contributed by atoms with E-state index in [-0.39, 0.29) is 65.0 Å². The molecule has 2 radical (unpaired) electrons. The van der Waals surface area contributed by atoms with E-state index in [1.54, 1.807) is 0 Å². The summed E-state index contributed by atoms with van der Waals surface area (Å²) < 4.78 is 0. The van der Waals surface area contributed by atoms with Crippen molar-refractivity contribution in [1.29, 1.82) is 0 Å². The van der Waals surface area contributed by atoms with E-state index in [0.29, 0.717) is 6.42 Å². The van der Waals surface area contributed by atoms with E-state index in [0.717, 1.165) is 6.42 Å². The second kappa shape index (κ2) is 22.7. The Hall–Kier alpha value is 1.47. The molecular weight excluding hydrogens is 268 g/mol. The molecule has 0 saturated carbocycles. The second-order valence-corrected chi connectivity index (χ2v) is 5.46. The predicted octanol–water partition coefficient (Wildman–Crippen LogP) is 4.19. The van der Waals surface area contributed by atoms with Crippen molar-refractivity contribution >= 4 is 65.0 Å². The minimum absolute atomic E-state index is 0. The van der Waals surface area contributed by atoms with E-state index in [1.807, 2.05) is 0 Å². The molecule has 0 aliphatic rings. The monoisotopic (exact) mass is 301 g/mol. The minimum Gasteiger partial charge on any atom is -0.370 e. The normalized spacial score (nSPS) is 9.65. The average Bonchev–Trinajstić information content (AvgIpc) is 2.34. The molecular formula is C16H33NNa2O. The van der Waals surface area contributed by atoms with Crippen LogP contribution in [0.5, 0.6) is 0 Å². The van der Waals surface area contributed by atoms with E-state index in [4.69, 9.17) is 5.73 Å². The molecule has 0 atom stereocenters. The van der Waals surface area contributed by atoms with Gasteiger partial charge >= 0.3 is 0 Å². The number of nitrogens with two attached hydrogens (primary N) is 1. The van der Waals surface area contributed by atoms with E-state index in [2.05, 4.69) is 6.92 Å². The molecule has 0 aromatic rings. The van der Waals surface area contributed by atoms with E-state index < -0.39 is 0 Å². The molecule has 0 fully saturated rings. The zero-order valence-corrected chi connectivity index (χ0v) is 18.4. The van der Waals surface area contributed by atoms with Crippen LogP contribution in [0, 0.1) is 0 Å². The number of unbranched alkanes of at least 4 members (excludes halogenated alkanes) is 12. The molecule has 0 heterocycles. The molecule has 2 nitrogen and oxygen atoms in total. The number of carbonyl (C=O) groups is 1. The third kappa shape index (κ3) is 24.5. The molecule has 2 N–H and O–H groups in total. The largest absolute Gasteiger partial charge is 0.370 e. The Morgan fingerprint density at radius 3 is 1.25 bits per heavy atom. The minimum atomic E-state index is -0.155. The van der Waals surface area contributed by atoms with Crippen molar-refractivity contribution in [3.05, 3.63) is 0 Å². The van der Waals surface area contributed by atoms with Gasteiger partial charge in [0.25, 0.3) is 0 Å². The molecule has 0 spiro atoms. The third-order valence-corrected chi connectivity index (χ3v) is 3.53. The van der Waals surface area contributed by atoms with Crippen LogP contribution in [0.25, 0.3) is 0 Å². The van der Waals surface area contributed by atoms with Gasteiger partial charge in [-0.25, -0.2) is 0 Å². The quantitative estimate of drug-likeness (QED) is 0.379. The Morgan fingerprint density at radius 2 is 0.950 bits per heavy atom. The van der Waals surface area contributed by atoms with Crippen LogP contribution in [-0.2, 0) is 4.79 Å². The predicted molar refractivity (Wildman–Crippen MR) is 91.0 cm³/mol. The summed E-state index contributed by atoms with van der Waals surface area (Å²) in [6.07, 6.45) is 17.9. The van der Waals surface area contributed by atoms with Crippen molar-refractivity contribution in [2.45, 2.75) is 96.8 Å². The molecule has 0 rings (SSSR count). The third-order valence-electron chi connectivity index (χ3n) is 3.53. The van der Waals surface area contributed by atoms with Gasteiger partial charge < -0.3 is 5.73 Å². The molecule has 4 heteroatoms. The second-order valence-electron chi connectivity index (χ2n) is 5.46. The van der Waals surface area contributed by atoms with Gasteiger partial charge in [0.2, 0.25) is 5.91 Å². The van der Waals surface area contributed by atoms with Crippen LogP contribution in [-0.4, -0.2) is 65.0 Å². The summed E-state index contributed by atoms with van der Waals surface area (Å²) in [6, 6.07) is 0. The number of rotatable bonds is 14. The molecule has 0 aliphatic heterocycles. The van der Waals surface area contributed by atoms with E-state index >= 15 is 0 Å². The van der Waals surface area contributed by atoms with Crippen LogP contribution in [0.2, 0.25) is 0 Å². The van der Waals surface area contributed by atoms with Crippen molar-refractivity contribution in [2.75, 3.05) is 0 Å². The molecule has 0 unspecified atom stereocenters. The summed E-state index contributed by atoms with van der Waals surface area (Å²) in [5.74, 6) is -0.155. The summed E-state index contributed by atoms with van der Waals surface area (Å²) in [7, 11) is 0. The van der Waals surface area contributed by atoms with Crippen LogP contribution in [0.1, 0.15) is 96.8 Å². The maximum absolute atomic E-state index is 10.5. The maximum Gasteiger partial charge on any atom is 0.217 e. The molecule has 0 saturated heterocycles. The summed E-state index contributed by atoms with van der Waals surface area (Å²) in [5.41, 5.74) is 5.09. The Balaban J connectivity index is -0.00000144. The summed E-state index contributed by atoms with van der Waals surface area (Å²) in [5, 5.41) is 0. The first-order valence-corrected chi connectivity index (χ1v) is 8.05. The van der Waals surface area contributed by atoms with Crippen molar-refractivity contribution < 1.29 is 4.79 Å². The van der Waals surface area contributed by atoms with Crippen LogP contribution in [0.4, 0.5) is 0 Å². The molecule has 20 heavy (non-hydrogen) atoms. The Morgan fingerprint density at radius 1 is 0.650 bits per heavy atom. The van der Waals surface area contributed by atoms with E-state index in [9.17, 15) is 4.79 Å². The number of carbonyl (C=O) groups excluding carboxylic acids is 1. The fourth-order valence-corrected chi connectivity index (χ4v) is 2.32. The summed E-state index contributed by atoms with van der Waals surface area (Å²) in [4.78, 5) is 10.5.